The number of aliphatic imine (C=N–C) groups is 1. The molecule has 1 fully saturated rings. The summed E-state index contributed by atoms with van der Waals surface area (Å²) in [6.45, 7) is 0.863. The maximum absolute atomic E-state index is 11.8. The third-order valence-corrected chi connectivity index (χ3v) is 3.77. The number of hydrogen-bond acceptors (Lipinski definition) is 3. The van der Waals surface area contributed by atoms with E-state index in [1.54, 1.807) is 12.1 Å². The van der Waals surface area contributed by atoms with E-state index in [0.29, 0.717) is 30.7 Å². The van der Waals surface area contributed by atoms with Crippen molar-refractivity contribution < 1.29 is 9.90 Å². The summed E-state index contributed by atoms with van der Waals surface area (Å²) < 4.78 is 0. The monoisotopic (exact) mass is 432 g/mol. The number of nitrogens with two attached hydrogens (primary N) is 1. The highest BCUT2D eigenvalue weighted by molar-refractivity contribution is 14.0. The van der Waals surface area contributed by atoms with Crippen LogP contribution in [0.5, 0.6) is 5.75 Å². The van der Waals surface area contributed by atoms with E-state index in [-0.39, 0.29) is 35.6 Å². The Labute approximate surface area is 154 Å². The highest BCUT2D eigenvalue weighted by Gasteiger charge is 2.13. The fourth-order valence-corrected chi connectivity index (χ4v) is 2.56. The van der Waals surface area contributed by atoms with Crippen LogP contribution in [0.15, 0.2) is 29.3 Å². The SMILES string of the molecule is I.NC(=NCCNC(=O)c1ccc(O)cc1)NC1CCCCC1. The Kier molecular flexibility index (Phi) is 8.75. The van der Waals surface area contributed by atoms with Crippen LogP contribution in [0.4, 0.5) is 0 Å². The zero-order valence-corrected chi connectivity index (χ0v) is 15.5. The summed E-state index contributed by atoms with van der Waals surface area (Å²) in [6.07, 6.45) is 6.08. The molecule has 0 aromatic heterocycles. The van der Waals surface area contributed by atoms with Gasteiger partial charge in [-0.3, -0.25) is 9.79 Å². The maximum atomic E-state index is 11.8. The van der Waals surface area contributed by atoms with E-state index in [0.717, 1.165) is 12.8 Å². The molecule has 7 heteroatoms. The zero-order valence-electron chi connectivity index (χ0n) is 13.1. The average Bonchev–Trinajstić information content (AvgIpc) is 2.53. The summed E-state index contributed by atoms with van der Waals surface area (Å²) in [4.78, 5) is 16.1. The zero-order chi connectivity index (χ0) is 15.8. The minimum absolute atomic E-state index is 0. The van der Waals surface area contributed by atoms with E-state index in [4.69, 9.17) is 5.73 Å². The Morgan fingerprint density at radius 2 is 1.87 bits per heavy atom. The number of halogens is 1. The highest BCUT2D eigenvalue weighted by Crippen LogP contribution is 2.16. The third kappa shape index (κ3) is 7.06. The van der Waals surface area contributed by atoms with Gasteiger partial charge in [0, 0.05) is 18.2 Å². The number of nitrogens with one attached hydrogen (secondary N) is 2. The number of guanidine groups is 1. The number of carbonyl (C=O) groups is 1. The molecule has 0 heterocycles. The van der Waals surface area contributed by atoms with Crippen LogP contribution in [-0.2, 0) is 0 Å². The van der Waals surface area contributed by atoms with Crippen LogP contribution in [0.2, 0.25) is 0 Å². The molecular formula is C16H25IN4O2. The van der Waals surface area contributed by atoms with Crippen LogP contribution < -0.4 is 16.4 Å². The van der Waals surface area contributed by atoms with Gasteiger partial charge in [-0.1, -0.05) is 19.3 Å². The van der Waals surface area contributed by atoms with Gasteiger partial charge in [0.05, 0.1) is 6.54 Å². The highest BCUT2D eigenvalue weighted by atomic mass is 127. The molecule has 0 aliphatic heterocycles. The molecular weight excluding hydrogens is 407 g/mol. The third-order valence-electron chi connectivity index (χ3n) is 3.77. The summed E-state index contributed by atoms with van der Waals surface area (Å²) in [5.74, 6) is 0.405. The molecule has 0 bridgehead atoms. The van der Waals surface area contributed by atoms with E-state index in [1.807, 2.05) is 0 Å². The summed E-state index contributed by atoms with van der Waals surface area (Å²) in [6, 6.07) is 6.56. The standard InChI is InChI=1S/C16H24N4O2.HI/c17-16(20-13-4-2-1-3-5-13)19-11-10-18-15(22)12-6-8-14(21)9-7-12;/h6-9,13,21H,1-5,10-11H2,(H,18,22)(H3,17,19,20);1H. The van der Waals surface area contributed by atoms with Gasteiger partial charge in [0.2, 0.25) is 0 Å². The molecule has 1 amide bonds. The number of phenolic OH excluding ortho intramolecular Hbond substituents is 1. The number of aromatic hydroxyl groups is 1. The van der Waals surface area contributed by atoms with Crippen molar-refractivity contribution in [2.75, 3.05) is 13.1 Å². The van der Waals surface area contributed by atoms with E-state index in [9.17, 15) is 9.90 Å². The van der Waals surface area contributed by atoms with Crippen molar-refractivity contribution in [2.24, 2.45) is 10.7 Å². The number of phenols is 1. The average molecular weight is 432 g/mol. The Hall–Kier alpha value is -1.51. The van der Waals surface area contributed by atoms with Crippen molar-refractivity contribution in [2.45, 2.75) is 38.1 Å². The fourth-order valence-electron chi connectivity index (χ4n) is 2.56. The summed E-state index contributed by atoms with van der Waals surface area (Å²) in [5.41, 5.74) is 6.36. The Bertz CT molecular complexity index is 513. The van der Waals surface area contributed by atoms with Gasteiger partial charge in [-0.2, -0.15) is 0 Å². The predicted octanol–water partition coefficient (Wildman–Crippen LogP) is 1.98. The van der Waals surface area contributed by atoms with Crippen molar-refractivity contribution in [3.8, 4) is 5.75 Å². The lowest BCUT2D eigenvalue weighted by atomic mass is 9.96. The lowest BCUT2D eigenvalue weighted by Gasteiger charge is -2.23. The molecule has 6 nitrogen and oxygen atoms in total. The van der Waals surface area contributed by atoms with Crippen LogP contribution >= 0.6 is 24.0 Å². The minimum atomic E-state index is -0.186. The molecule has 1 saturated carbocycles. The maximum Gasteiger partial charge on any atom is 0.251 e. The summed E-state index contributed by atoms with van der Waals surface area (Å²) in [5, 5.41) is 15.2. The van der Waals surface area contributed by atoms with Gasteiger partial charge in [-0.15, -0.1) is 24.0 Å². The Morgan fingerprint density at radius 3 is 2.52 bits per heavy atom. The first kappa shape index (κ1) is 19.5. The molecule has 5 N–H and O–H groups in total. The molecule has 0 radical (unpaired) electrons. The van der Waals surface area contributed by atoms with Gasteiger partial charge >= 0.3 is 0 Å². The van der Waals surface area contributed by atoms with E-state index >= 15 is 0 Å². The Morgan fingerprint density at radius 1 is 1.22 bits per heavy atom. The van der Waals surface area contributed by atoms with Gasteiger partial charge in [0.25, 0.3) is 5.91 Å². The lowest BCUT2D eigenvalue weighted by molar-refractivity contribution is 0.0955. The number of amides is 1. The number of hydrogen-bond donors (Lipinski definition) is 4. The van der Waals surface area contributed by atoms with E-state index in [2.05, 4.69) is 15.6 Å². The number of benzene rings is 1. The predicted molar refractivity (Wildman–Crippen MR) is 102 cm³/mol. The van der Waals surface area contributed by atoms with Crippen molar-refractivity contribution in [1.82, 2.24) is 10.6 Å². The molecule has 0 spiro atoms. The minimum Gasteiger partial charge on any atom is -0.508 e. The van der Waals surface area contributed by atoms with Crippen molar-refractivity contribution >= 4 is 35.8 Å². The molecule has 0 unspecified atom stereocenters. The van der Waals surface area contributed by atoms with Gasteiger partial charge in [-0.05, 0) is 37.1 Å². The topological polar surface area (TPSA) is 99.7 Å². The van der Waals surface area contributed by atoms with Crippen molar-refractivity contribution in [3.05, 3.63) is 29.8 Å². The molecule has 1 aromatic rings. The Balaban J connectivity index is 0.00000264. The van der Waals surface area contributed by atoms with Crippen LogP contribution in [0.1, 0.15) is 42.5 Å². The number of carbonyl (C=O) groups excluding carboxylic acids is 1. The molecule has 128 valence electrons. The van der Waals surface area contributed by atoms with Gasteiger partial charge in [-0.25, -0.2) is 0 Å². The first-order valence-electron chi connectivity index (χ1n) is 7.79. The van der Waals surface area contributed by atoms with Gasteiger partial charge in [0.1, 0.15) is 5.75 Å². The second-order valence-electron chi connectivity index (χ2n) is 5.55. The van der Waals surface area contributed by atoms with E-state index < -0.39 is 0 Å². The molecule has 1 aliphatic carbocycles. The van der Waals surface area contributed by atoms with Gasteiger partial charge < -0.3 is 21.5 Å². The quantitative estimate of drug-likeness (QED) is 0.248. The van der Waals surface area contributed by atoms with Crippen LogP contribution in [0.25, 0.3) is 0 Å². The smallest absolute Gasteiger partial charge is 0.251 e. The molecule has 1 aliphatic rings. The van der Waals surface area contributed by atoms with Crippen molar-refractivity contribution in [3.63, 3.8) is 0 Å². The normalized spacial score (nSPS) is 15.6. The fraction of sp³-hybridized carbons (Fsp3) is 0.500. The first-order valence-corrected chi connectivity index (χ1v) is 7.79. The lowest BCUT2D eigenvalue weighted by Crippen LogP contribution is -2.41. The molecule has 1 aromatic carbocycles. The van der Waals surface area contributed by atoms with Crippen LogP contribution in [-0.4, -0.2) is 36.1 Å². The molecule has 0 saturated heterocycles. The van der Waals surface area contributed by atoms with Crippen molar-refractivity contribution in [1.29, 1.82) is 0 Å². The second-order valence-corrected chi connectivity index (χ2v) is 5.55. The molecule has 23 heavy (non-hydrogen) atoms. The van der Waals surface area contributed by atoms with Crippen LogP contribution in [0, 0.1) is 0 Å². The van der Waals surface area contributed by atoms with Gasteiger partial charge in [0.15, 0.2) is 5.96 Å². The summed E-state index contributed by atoms with van der Waals surface area (Å²) in [7, 11) is 0. The first-order chi connectivity index (χ1) is 10.6. The number of nitrogens with zero attached hydrogens (tertiary/aromatic N) is 1. The second kappa shape index (κ2) is 10.3. The molecule has 2 rings (SSSR count). The number of rotatable bonds is 5. The van der Waals surface area contributed by atoms with Crippen LogP contribution in [0.3, 0.4) is 0 Å². The summed E-state index contributed by atoms with van der Waals surface area (Å²) >= 11 is 0. The molecule has 0 atom stereocenters. The van der Waals surface area contributed by atoms with E-state index in [1.165, 1.54) is 31.4 Å². The largest absolute Gasteiger partial charge is 0.508 e.